The lowest BCUT2D eigenvalue weighted by molar-refractivity contribution is 0.0992. The molecule has 2 aromatic rings. The molecule has 0 spiro atoms. The summed E-state index contributed by atoms with van der Waals surface area (Å²) in [5, 5.41) is 0. The highest BCUT2D eigenvalue weighted by Gasteiger charge is 2.10. The topological polar surface area (TPSA) is 26.3 Å². The van der Waals surface area contributed by atoms with E-state index in [-0.39, 0.29) is 5.78 Å². The third-order valence-electron chi connectivity index (χ3n) is 2.95. The van der Waals surface area contributed by atoms with Crippen molar-refractivity contribution in [1.82, 2.24) is 0 Å². The summed E-state index contributed by atoms with van der Waals surface area (Å²) in [5.74, 6) is 0.907. The number of ketones is 1. The highest BCUT2D eigenvalue weighted by atomic mass is 79.9. The van der Waals surface area contributed by atoms with Crippen LogP contribution in [0, 0.1) is 6.92 Å². The molecule has 0 heterocycles. The van der Waals surface area contributed by atoms with Gasteiger partial charge in [-0.1, -0.05) is 34.1 Å². The number of rotatable bonds is 4. The summed E-state index contributed by atoms with van der Waals surface area (Å²) in [5.41, 5.74) is 2.84. The Balaban J connectivity index is 2.15. The van der Waals surface area contributed by atoms with Crippen molar-refractivity contribution in [1.29, 1.82) is 0 Å². The number of benzene rings is 2. The smallest absolute Gasteiger partial charge is 0.168 e. The van der Waals surface area contributed by atoms with E-state index in [1.54, 1.807) is 7.11 Å². The fourth-order valence-corrected chi connectivity index (χ4v) is 2.58. The summed E-state index contributed by atoms with van der Waals surface area (Å²) < 4.78 is 5.95. The minimum atomic E-state index is 0.108. The molecule has 0 aliphatic heterocycles. The van der Waals surface area contributed by atoms with Crippen molar-refractivity contribution >= 4 is 21.7 Å². The molecule has 2 aromatic carbocycles. The lowest BCUT2D eigenvalue weighted by atomic mass is 10.0. The summed E-state index contributed by atoms with van der Waals surface area (Å²) in [6.45, 7) is 2.00. The van der Waals surface area contributed by atoms with Crippen molar-refractivity contribution in [3.05, 3.63) is 63.6 Å². The zero-order valence-electron chi connectivity index (χ0n) is 10.9. The fourth-order valence-electron chi connectivity index (χ4n) is 1.87. The predicted octanol–water partition coefficient (Wildman–Crippen LogP) is 4.19. The Hall–Kier alpha value is -1.61. The molecule has 2 rings (SSSR count). The molecule has 3 heteroatoms. The van der Waals surface area contributed by atoms with Gasteiger partial charge in [-0.05, 0) is 42.3 Å². The first-order valence-corrected chi connectivity index (χ1v) is 6.81. The van der Waals surface area contributed by atoms with Gasteiger partial charge in [0.25, 0.3) is 0 Å². The monoisotopic (exact) mass is 318 g/mol. The average molecular weight is 319 g/mol. The number of carbonyl (C=O) groups excluding carboxylic acids is 1. The number of methoxy groups -OCH3 is 1. The molecule has 0 N–H and O–H groups in total. The van der Waals surface area contributed by atoms with E-state index in [4.69, 9.17) is 4.74 Å². The van der Waals surface area contributed by atoms with Gasteiger partial charge in [0, 0.05) is 16.5 Å². The first-order chi connectivity index (χ1) is 9.10. The third kappa shape index (κ3) is 3.44. The van der Waals surface area contributed by atoms with Gasteiger partial charge in [0.2, 0.25) is 0 Å². The maximum Gasteiger partial charge on any atom is 0.168 e. The number of halogens is 1. The Morgan fingerprint density at radius 2 is 1.84 bits per heavy atom. The SMILES string of the molecule is COc1ccc(CC(=O)c2ccc(C)cc2Br)cc1. The van der Waals surface area contributed by atoms with Gasteiger partial charge in [0.05, 0.1) is 7.11 Å². The van der Waals surface area contributed by atoms with Gasteiger partial charge in [-0.25, -0.2) is 0 Å². The van der Waals surface area contributed by atoms with Gasteiger partial charge >= 0.3 is 0 Å². The Morgan fingerprint density at radius 1 is 1.16 bits per heavy atom. The molecule has 0 unspecified atom stereocenters. The molecule has 0 aliphatic rings. The second-order valence-corrected chi connectivity index (χ2v) is 5.29. The molecular formula is C16H15BrO2. The fraction of sp³-hybridized carbons (Fsp3) is 0.188. The van der Waals surface area contributed by atoms with Crippen molar-refractivity contribution in [2.75, 3.05) is 7.11 Å². The Labute approximate surface area is 121 Å². The van der Waals surface area contributed by atoms with E-state index in [9.17, 15) is 4.79 Å². The standard InChI is InChI=1S/C16H15BrO2/c1-11-3-8-14(15(17)9-11)16(18)10-12-4-6-13(19-2)7-5-12/h3-9H,10H2,1-2H3. The van der Waals surface area contributed by atoms with Gasteiger partial charge in [-0.2, -0.15) is 0 Å². The first kappa shape index (κ1) is 13.8. The number of ether oxygens (including phenoxy) is 1. The molecule has 0 fully saturated rings. The van der Waals surface area contributed by atoms with E-state index < -0.39 is 0 Å². The van der Waals surface area contributed by atoms with Gasteiger partial charge < -0.3 is 4.74 Å². The molecule has 19 heavy (non-hydrogen) atoms. The quantitative estimate of drug-likeness (QED) is 0.790. The van der Waals surface area contributed by atoms with E-state index in [0.717, 1.165) is 26.9 Å². The average Bonchev–Trinajstić information content (AvgIpc) is 2.39. The molecule has 0 radical (unpaired) electrons. The van der Waals surface area contributed by atoms with Crippen LogP contribution in [0.5, 0.6) is 5.75 Å². The molecule has 0 atom stereocenters. The molecule has 0 aliphatic carbocycles. The summed E-state index contributed by atoms with van der Waals surface area (Å²) in [4.78, 5) is 12.2. The van der Waals surface area contributed by atoms with Crippen molar-refractivity contribution in [3.8, 4) is 5.75 Å². The Kier molecular flexibility index (Phi) is 4.38. The molecular weight excluding hydrogens is 304 g/mol. The predicted molar refractivity (Wildman–Crippen MR) is 79.9 cm³/mol. The van der Waals surface area contributed by atoms with Crippen molar-refractivity contribution in [2.24, 2.45) is 0 Å². The molecule has 0 saturated heterocycles. The van der Waals surface area contributed by atoms with Gasteiger partial charge in [0.1, 0.15) is 5.75 Å². The highest BCUT2D eigenvalue weighted by Crippen LogP contribution is 2.21. The van der Waals surface area contributed by atoms with Crippen LogP contribution in [0.4, 0.5) is 0 Å². The molecule has 0 amide bonds. The van der Waals surface area contributed by atoms with Crippen LogP contribution in [-0.2, 0) is 6.42 Å². The van der Waals surface area contributed by atoms with Crippen molar-refractivity contribution in [2.45, 2.75) is 13.3 Å². The first-order valence-electron chi connectivity index (χ1n) is 6.02. The second kappa shape index (κ2) is 6.02. The van der Waals surface area contributed by atoms with E-state index in [1.165, 1.54) is 0 Å². The lowest BCUT2D eigenvalue weighted by Gasteiger charge is -2.06. The number of hydrogen-bond donors (Lipinski definition) is 0. The van der Waals surface area contributed by atoms with Crippen molar-refractivity contribution < 1.29 is 9.53 Å². The second-order valence-electron chi connectivity index (χ2n) is 4.43. The Morgan fingerprint density at radius 3 is 2.42 bits per heavy atom. The van der Waals surface area contributed by atoms with Crippen LogP contribution in [0.3, 0.4) is 0 Å². The number of aryl methyl sites for hydroxylation is 1. The summed E-state index contributed by atoms with van der Waals surface area (Å²) in [6, 6.07) is 13.3. The van der Waals surface area contributed by atoms with E-state index in [1.807, 2.05) is 49.4 Å². The summed E-state index contributed by atoms with van der Waals surface area (Å²) in [7, 11) is 1.63. The van der Waals surface area contributed by atoms with E-state index >= 15 is 0 Å². The minimum absolute atomic E-state index is 0.108. The lowest BCUT2D eigenvalue weighted by Crippen LogP contribution is -2.04. The van der Waals surface area contributed by atoms with Crippen LogP contribution in [0.2, 0.25) is 0 Å². The van der Waals surface area contributed by atoms with Crippen LogP contribution in [0.25, 0.3) is 0 Å². The largest absolute Gasteiger partial charge is 0.497 e. The minimum Gasteiger partial charge on any atom is -0.497 e. The zero-order chi connectivity index (χ0) is 13.8. The number of hydrogen-bond acceptors (Lipinski definition) is 2. The van der Waals surface area contributed by atoms with Gasteiger partial charge in [-0.3, -0.25) is 4.79 Å². The van der Waals surface area contributed by atoms with Gasteiger partial charge in [0.15, 0.2) is 5.78 Å². The van der Waals surface area contributed by atoms with E-state index in [0.29, 0.717) is 6.42 Å². The summed E-state index contributed by atoms with van der Waals surface area (Å²) >= 11 is 3.44. The van der Waals surface area contributed by atoms with Crippen LogP contribution < -0.4 is 4.74 Å². The van der Waals surface area contributed by atoms with Crippen LogP contribution >= 0.6 is 15.9 Å². The third-order valence-corrected chi connectivity index (χ3v) is 3.60. The van der Waals surface area contributed by atoms with Crippen molar-refractivity contribution in [3.63, 3.8) is 0 Å². The number of Topliss-reactive ketones (excluding diaryl/α,β-unsaturated/α-hetero) is 1. The normalized spacial score (nSPS) is 10.3. The van der Waals surface area contributed by atoms with Crippen LogP contribution in [0.15, 0.2) is 46.9 Å². The molecule has 0 bridgehead atoms. The molecule has 2 nitrogen and oxygen atoms in total. The molecule has 0 aromatic heterocycles. The summed E-state index contributed by atoms with van der Waals surface area (Å²) in [6.07, 6.45) is 0.394. The van der Waals surface area contributed by atoms with Crippen LogP contribution in [0.1, 0.15) is 21.5 Å². The van der Waals surface area contributed by atoms with Gasteiger partial charge in [-0.15, -0.1) is 0 Å². The molecule has 98 valence electrons. The number of carbonyl (C=O) groups is 1. The van der Waals surface area contributed by atoms with E-state index in [2.05, 4.69) is 15.9 Å². The Bertz CT molecular complexity index is 588. The molecule has 0 saturated carbocycles. The maximum absolute atomic E-state index is 12.2. The maximum atomic E-state index is 12.2. The zero-order valence-corrected chi connectivity index (χ0v) is 12.5. The van der Waals surface area contributed by atoms with Crippen LogP contribution in [-0.4, -0.2) is 12.9 Å². The highest BCUT2D eigenvalue weighted by molar-refractivity contribution is 9.10.